The molecular weight excluding hydrogens is 375 g/mol. The average Bonchev–Trinajstić information content (AvgIpc) is 2.61. The van der Waals surface area contributed by atoms with Gasteiger partial charge in [0.2, 0.25) is 0 Å². The Bertz CT molecular complexity index is 864. The van der Waals surface area contributed by atoms with Crippen molar-refractivity contribution in [2.45, 2.75) is 25.8 Å². The van der Waals surface area contributed by atoms with Gasteiger partial charge in [-0.2, -0.15) is 0 Å². The molecule has 1 unspecified atom stereocenters. The van der Waals surface area contributed by atoms with Crippen molar-refractivity contribution in [1.82, 2.24) is 9.47 Å². The van der Waals surface area contributed by atoms with Crippen LogP contribution >= 0.6 is 23.2 Å². The summed E-state index contributed by atoms with van der Waals surface area (Å²) < 4.78 is 1.14. The van der Waals surface area contributed by atoms with Crippen molar-refractivity contribution in [2.24, 2.45) is 0 Å². The van der Waals surface area contributed by atoms with Crippen LogP contribution in [0.25, 0.3) is 0 Å². The number of halogens is 2. The maximum absolute atomic E-state index is 13.1. The normalized spacial score (nSPS) is 11.8. The number of benzene rings is 1. The van der Waals surface area contributed by atoms with E-state index in [-0.39, 0.29) is 10.6 Å². The number of pyridine rings is 1. The van der Waals surface area contributed by atoms with Crippen molar-refractivity contribution in [1.29, 1.82) is 0 Å². The SMILES string of the molecule is CCCCN(C)C(=O)C(C(=O)c1ccc(Cl)cc1Cl)n1ccccc1=O. The van der Waals surface area contributed by atoms with E-state index in [1.807, 2.05) is 6.92 Å². The molecule has 0 radical (unpaired) electrons. The zero-order valence-corrected chi connectivity index (χ0v) is 16.1. The summed E-state index contributed by atoms with van der Waals surface area (Å²) in [5.74, 6) is -1.00. The van der Waals surface area contributed by atoms with E-state index in [1.54, 1.807) is 19.2 Å². The molecule has 0 bridgehead atoms. The Morgan fingerprint density at radius 2 is 1.92 bits per heavy atom. The minimum absolute atomic E-state index is 0.139. The lowest BCUT2D eigenvalue weighted by molar-refractivity contribution is -0.132. The largest absolute Gasteiger partial charge is 0.344 e. The van der Waals surface area contributed by atoms with Crippen LogP contribution in [-0.2, 0) is 4.79 Å². The second kappa shape index (κ2) is 9.01. The summed E-state index contributed by atoms with van der Waals surface area (Å²) in [4.78, 5) is 39.8. The molecule has 7 heteroatoms. The second-order valence-corrected chi connectivity index (χ2v) is 6.79. The van der Waals surface area contributed by atoms with Crippen LogP contribution in [-0.4, -0.2) is 34.7 Å². The number of ketones is 1. The number of Topliss-reactive ketones (excluding diaryl/α,β-unsaturated/α-hetero) is 1. The maximum atomic E-state index is 13.1. The number of rotatable bonds is 7. The standard InChI is InChI=1S/C19H20Cl2N2O3/c1-3-4-10-22(2)19(26)17(23-11-6-5-7-16(23)24)18(25)14-9-8-13(20)12-15(14)21/h5-9,11-12,17H,3-4,10H2,1-2H3. The number of nitrogens with zero attached hydrogens (tertiary/aromatic N) is 2. The van der Waals surface area contributed by atoms with Crippen LogP contribution in [0.3, 0.4) is 0 Å². The Hall–Kier alpha value is -2.11. The molecular formula is C19H20Cl2N2O3. The molecule has 0 fully saturated rings. The van der Waals surface area contributed by atoms with Crippen molar-refractivity contribution >= 4 is 34.9 Å². The highest BCUT2D eigenvalue weighted by atomic mass is 35.5. The van der Waals surface area contributed by atoms with E-state index in [9.17, 15) is 14.4 Å². The Balaban J connectivity index is 2.50. The molecule has 1 heterocycles. The molecule has 1 aromatic heterocycles. The maximum Gasteiger partial charge on any atom is 0.253 e. The molecule has 1 atom stereocenters. The molecule has 0 aliphatic heterocycles. The predicted molar refractivity (Wildman–Crippen MR) is 103 cm³/mol. The number of carbonyl (C=O) groups is 2. The van der Waals surface area contributed by atoms with Crippen molar-refractivity contribution in [2.75, 3.05) is 13.6 Å². The van der Waals surface area contributed by atoms with Crippen LogP contribution in [0, 0.1) is 0 Å². The van der Waals surface area contributed by atoms with Crippen LogP contribution in [0.5, 0.6) is 0 Å². The van der Waals surface area contributed by atoms with Gasteiger partial charge in [0.25, 0.3) is 11.5 Å². The first-order chi connectivity index (χ1) is 12.4. The molecule has 1 amide bonds. The molecule has 0 aliphatic carbocycles. The highest BCUT2D eigenvalue weighted by Crippen LogP contribution is 2.25. The van der Waals surface area contributed by atoms with Gasteiger partial charge in [-0.25, -0.2) is 0 Å². The van der Waals surface area contributed by atoms with E-state index < -0.39 is 23.3 Å². The molecule has 0 saturated carbocycles. The number of carbonyl (C=O) groups excluding carboxylic acids is 2. The lowest BCUT2D eigenvalue weighted by Gasteiger charge is -2.24. The number of amides is 1. The van der Waals surface area contributed by atoms with Gasteiger partial charge in [-0.3, -0.25) is 19.0 Å². The molecule has 0 saturated heterocycles. The summed E-state index contributed by atoms with van der Waals surface area (Å²) in [7, 11) is 1.62. The van der Waals surface area contributed by atoms with Gasteiger partial charge in [0.15, 0.2) is 11.8 Å². The highest BCUT2D eigenvalue weighted by Gasteiger charge is 2.33. The third-order valence-electron chi connectivity index (χ3n) is 4.03. The molecule has 0 N–H and O–H groups in total. The van der Waals surface area contributed by atoms with E-state index in [4.69, 9.17) is 23.2 Å². The quantitative estimate of drug-likeness (QED) is 0.529. The molecule has 0 spiro atoms. The summed E-state index contributed by atoms with van der Waals surface area (Å²) in [5, 5.41) is 0.520. The van der Waals surface area contributed by atoms with Gasteiger partial charge in [0.05, 0.1) is 5.02 Å². The minimum Gasteiger partial charge on any atom is -0.344 e. The highest BCUT2D eigenvalue weighted by molar-refractivity contribution is 6.37. The van der Waals surface area contributed by atoms with Gasteiger partial charge < -0.3 is 4.90 Å². The second-order valence-electron chi connectivity index (χ2n) is 5.95. The monoisotopic (exact) mass is 394 g/mol. The van der Waals surface area contributed by atoms with E-state index >= 15 is 0 Å². The van der Waals surface area contributed by atoms with Crippen molar-refractivity contribution in [3.8, 4) is 0 Å². The Morgan fingerprint density at radius 1 is 1.19 bits per heavy atom. The fourth-order valence-electron chi connectivity index (χ4n) is 2.56. The summed E-state index contributed by atoms with van der Waals surface area (Å²) in [6.45, 7) is 2.51. The lowest BCUT2D eigenvalue weighted by Crippen LogP contribution is -2.42. The van der Waals surface area contributed by atoms with Gasteiger partial charge in [0.1, 0.15) is 0 Å². The summed E-state index contributed by atoms with van der Waals surface area (Å²) in [5.41, 5.74) is -0.290. The summed E-state index contributed by atoms with van der Waals surface area (Å²) in [6, 6.07) is 7.58. The van der Waals surface area contributed by atoms with Gasteiger partial charge in [-0.1, -0.05) is 42.6 Å². The summed E-state index contributed by atoms with van der Waals surface area (Å²) in [6.07, 6.45) is 3.14. The van der Waals surface area contributed by atoms with E-state index in [0.29, 0.717) is 11.6 Å². The van der Waals surface area contributed by atoms with E-state index in [1.165, 1.54) is 35.4 Å². The van der Waals surface area contributed by atoms with Gasteiger partial charge in [-0.15, -0.1) is 0 Å². The molecule has 2 aromatic rings. The number of unbranched alkanes of at least 4 members (excludes halogenated alkanes) is 1. The Kier molecular flexibility index (Phi) is 7.00. The lowest BCUT2D eigenvalue weighted by atomic mass is 10.0. The molecule has 5 nitrogen and oxygen atoms in total. The Labute approximate surface area is 162 Å². The molecule has 26 heavy (non-hydrogen) atoms. The zero-order chi connectivity index (χ0) is 19.3. The van der Waals surface area contributed by atoms with Gasteiger partial charge in [-0.05, 0) is 30.7 Å². The molecule has 1 aromatic carbocycles. The van der Waals surface area contributed by atoms with Crippen molar-refractivity contribution in [3.05, 3.63) is 68.6 Å². The molecule has 138 valence electrons. The predicted octanol–water partition coefficient (Wildman–Crippen LogP) is 3.84. The number of likely N-dealkylation sites (N-methyl/N-ethyl adjacent to an activating group) is 1. The average molecular weight is 395 g/mol. The smallest absolute Gasteiger partial charge is 0.253 e. The van der Waals surface area contributed by atoms with Crippen LogP contribution in [0.15, 0.2) is 47.4 Å². The number of hydrogen-bond acceptors (Lipinski definition) is 3. The van der Waals surface area contributed by atoms with Crippen LogP contribution < -0.4 is 5.56 Å². The first kappa shape index (κ1) is 20.2. The van der Waals surface area contributed by atoms with Crippen molar-refractivity contribution < 1.29 is 9.59 Å². The van der Waals surface area contributed by atoms with Gasteiger partial charge >= 0.3 is 0 Å². The first-order valence-corrected chi connectivity index (χ1v) is 9.03. The van der Waals surface area contributed by atoms with Gasteiger partial charge in [0, 0.05) is 36.4 Å². The van der Waals surface area contributed by atoms with Crippen LogP contribution in [0.1, 0.15) is 36.2 Å². The first-order valence-electron chi connectivity index (χ1n) is 8.28. The summed E-state index contributed by atoms with van der Waals surface area (Å²) >= 11 is 12.0. The van der Waals surface area contributed by atoms with Crippen LogP contribution in [0.2, 0.25) is 10.0 Å². The third-order valence-corrected chi connectivity index (χ3v) is 4.58. The molecule has 2 rings (SSSR count). The molecule has 0 aliphatic rings. The third kappa shape index (κ3) is 4.54. The van der Waals surface area contributed by atoms with E-state index in [2.05, 4.69) is 0 Å². The Morgan fingerprint density at radius 3 is 2.54 bits per heavy atom. The number of hydrogen-bond donors (Lipinski definition) is 0. The van der Waals surface area contributed by atoms with Crippen LogP contribution in [0.4, 0.5) is 0 Å². The number of aromatic nitrogens is 1. The fourth-order valence-corrected chi connectivity index (χ4v) is 3.06. The minimum atomic E-state index is -1.32. The van der Waals surface area contributed by atoms with E-state index in [0.717, 1.165) is 17.4 Å². The topological polar surface area (TPSA) is 59.4 Å². The van der Waals surface area contributed by atoms with Crippen molar-refractivity contribution in [3.63, 3.8) is 0 Å². The fraction of sp³-hybridized carbons (Fsp3) is 0.316. The zero-order valence-electron chi connectivity index (χ0n) is 14.6.